The molecule has 0 aromatic heterocycles. The van der Waals surface area contributed by atoms with Crippen LogP contribution in [0.15, 0.2) is 24.3 Å². The lowest BCUT2D eigenvalue weighted by Crippen LogP contribution is -2.56. The van der Waals surface area contributed by atoms with Crippen LogP contribution < -0.4 is 4.90 Å². The Balaban J connectivity index is 1.84. The van der Waals surface area contributed by atoms with Crippen molar-refractivity contribution in [1.29, 1.82) is 0 Å². The van der Waals surface area contributed by atoms with E-state index in [2.05, 4.69) is 17.9 Å². The molecule has 5 nitrogen and oxygen atoms in total. The van der Waals surface area contributed by atoms with Gasteiger partial charge in [0, 0.05) is 38.3 Å². The van der Waals surface area contributed by atoms with Crippen molar-refractivity contribution in [3.05, 3.63) is 29.8 Å². The molecule has 3 rings (SSSR count). The highest BCUT2D eigenvalue weighted by Crippen LogP contribution is 2.30. The van der Waals surface area contributed by atoms with E-state index in [0.29, 0.717) is 12.8 Å². The minimum atomic E-state index is -0.389. The largest absolute Gasteiger partial charge is 0.338 e. The van der Waals surface area contributed by atoms with Crippen molar-refractivity contribution in [3.8, 4) is 0 Å². The lowest BCUT2D eigenvalue weighted by molar-refractivity contribution is -0.136. The van der Waals surface area contributed by atoms with Crippen molar-refractivity contribution in [2.24, 2.45) is 0 Å². The summed E-state index contributed by atoms with van der Waals surface area (Å²) >= 11 is 0. The average Bonchev–Trinajstić information content (AvgIpc) is 2.81. The van der Waals surface area contributed by atoms with E-state index in [-0.39, 0.29) is 17.9 Å². The number of aryl methyl sites for hydroxylation is 1. The average molecular weight is 343 g/mol. The van der Waals surface area contributed by atoms with Gasteiger partial charge in [-0.2, -0.15) is 0 Å². The maximum absolute atomic E-state index is 13.2. The Morgan fingerprint density at radius 1 is 1.08 bits per heavy atom. The highest BCUT2D eigenvalue weighted by atomic mass is 16.2. The summed E-state index contributed by atoms with van der Waals surface area (Å²) in [6.45, 7) is 8.54. The number of rotatable bonds is 4. The highest BCUT2D eigenvalue weighted by molar-refractivity contribution is 6.01. The molecule has 0 spiro atoms. The second kappa shape index (κ2) is 8.00. The van der Waals surface area contributed by atoms with Gasteiger partial charge in [0.25, 0.3) is 0 Å². The number of carbonyl (C=O) groups excluding carboxylic acids is 2. The van der Waals surface area contributed by atoms with Crippen LogP contribution in [-0.4, -0.2) is 60.4 Å². The Bertz CT molecular complexity index is 623. The van der Waals surface area contributed by atoms with Crippen LogP contribution in [-0.2, 0) is 16.0 Å². The molecule has 136 valence electrons. The summed E-state index contributed by atoms with van der Waals surface area (Å²) in [6, 6.07) is 7.66. The van der Waals surface area contributed by atoms with Crippen LogP contribution in [0.4, 0.5) is 5.69 Å². The zero-order chi connectivity index (χ0) is 17.8. The van der Waals surface area contributed by atoms with E-state index in [1.54, 1.807) is 4.90 Å². The minimum absolute atomic E-state index is 0.0809. The molecule has 2 heterocycles. The number of para-hydroxylation sites is 1. The number of hydrogen-bond acceptors (Lipinski definition) is 3. The number of fused-ring (bicyclic) bond motifs is 1. The van der Waals surface area contributed by atoms with Crippen LogP contribution in [0.2, 0.25) is 0 Å². The molecule has 0 aliphatic carbocycles. The summed E-state index contributed by atoms with van der Waals surface area (Å²) in [7, 11) is 0. The monoisotopic (exact) mass is 343 g/mol. The maximum atomic E-state index is 13.2. The second-order valence-corrected chi connectivity index (χ2v) is 6.93. The van der Waals surface area contributed by atoms with Crippen molar-refractivity contribution in [2.75, 3.05) is 37.6 Å². The first-order valence-electron chi connectivity index (χ1n) is 9.56. The smallest absolute Gasteiger partial charge is 0.245 e. The van der Waals surface area contributed by atoms with E-state index in [4.69, 9.17) is 0 Å². The van der Waals surface area contributed by atoms with Gasteiger partial charge in [0.1, 0.15) is 6.04 Å². The molecule has 1 atom stereocenters. The fourth-order valence-electron chi connectivity index (χ4n) is 3.95. The third-order valence-corrected chi connectivity index (χ3v) is 5.47. The molecular formula is C20H29N3O2. The fraction of sp³-hybridized carbons (Fsp3) is 0.600. The molecule has 25 heavy (non-hydrogen) atoms. The zero-order valence-corrected chi connectivity index (χ0v) is 15.4. The van der Waals surface area contributed by atoms with Crippen molar-refractivity contribution < 1.29 is 9.59 Å². The predicted molar refractivity (Wildman–Crippen MR) is 99.6 cm³/mol. The van der Waals surface area contributed by atoms with Gasteiger partial charge in [-0.25, -0.2) is 0 Å². The summed E-state index contributed by atoms with van der Waals surface area (Å²) in [6.07, 6.45) is 2.92. The van der Waals surface area contributed by atoms with Crippen LogP contribution in [0.3, 0.4) is 0 Å². The van der Waals surface area contributed by atoms with Gasteiger partial charge in [0.15, 0.2) is 0 Å². The van der Waals surface area contributed by atoms with E-state index in [9.17, 15) is 9.59 Å². The van der Waals surface area contributed by atoms with Crippen molar-refractivity contribution in [2.45, 2.75) is 45.6 Å². The summed E-state index contributed by atoms with van der Waals surface area (Å²) in [5, 5.41) is 0. The Morgan fingerprint density at radius 3 is 2.48 bits per heavy atom. The van der Waals surface area contributed by atoms with Gasteiger partial charge in [-0.1, -0.05) is 32.0 Å². The van der Waals surface area contributed by atoms with Crippen LogP contribution in [0, 0.1) is 0 Å². The molecule has 0 radical (unpaired) electrons. The summed E-state index contributed by atoms with van der Waals surface area (Å²) < 4.78 is 0. The van der Waals surface area contributed by atoms with Gasteiger partial charge in [0.05, 0.1) is 0 Å². The fourth-order valence-corrected chi connectivity index (χ4v) is 3.95. The highest BCUT2D eigenvalue weighted by Gasteiger charge is 2.35. The molecule has 1 aromatic rings. The van der Waals surface area contributed by atoms with Gasteiger partial charge in [-0.3, -0.25) is 14.5 Å². The van der Waals surface area contributed by atoms with E-state index >= 15 is 0 Å². The first kappa shape index (κ1) is 17.9. The number of benzene rings is 1. The molecule has 1 aromatic carbocycles. The zero-order valence-electron chi connectivity index (χ0n) is 15.4. The number of carbonyl (C=O) groups is 2. The van der Waals surface area contributed by atoms with E-state index in [1.807, 2.05) is 30.0 Å². The minimum Gasteiger partial charge on any atom is -0.338 e. The van der Waals surface area contributed by atoms with Crippen LogP contribution in [0.1, 0.15) is 38.7 Å². The van der Waals surface area contributed by atoms with Crippen molar-refractivity contribution >= 4 is 17.5 Å². The summed E-state index contributed by atoms with van der Waals surface area (Å²) in [5.74, 6) is 0.181. The molecule has 5 heteroatoms. The summed E-state index contributed by atoms with van der Waals surface area (Å²) in [5.41, 5.74) is 2.10. The van der Waals surface area contributed by atoms with Gasteiger partial charge >= 0.3 is 0 Å². The molecule has 1 fully saturated rings. The number of nitrogens with zero attached hydrogens (tertiary/aromatic N) is 3. The Kier molecular flexibility index (Phi) is 5.74. The first-order valence-corrected chi connectivity index (χ1v) is 9.56. The molecule has 2 aliphatic rings. The number of piperazine rings is 1. The lowest BCUT2D eigenvalue weighted by Gasteiger charge is -2.38. The quantitative estimate of drug-likeness (QED) is 0.843. The van der Waals surface area contributed by atoms with Crippen LogP contribution in [0.5, 0.6) is 0 Å². The molecule has 0 N–H and O–H groups in total. The number of anilines is 1. The van der Waals surface area contributed by atoms with Gasteiger partial charge < -0.3 is 9.80 Å². The van der Waals surface area contributed by atoms with Gasteiger partial charge in [-0.05, 0) is 37.4 Å². The predicted octanol–water partition coefficient (Wildman–Crippen LogP) is 2.30. The normalized spacial score (nSPS) is 20.2. The maximum Gasteiger partial charge on any atom is 0.245 e. The third kappa shape index (κ3) is 3.71. The first-order chi connectivity index (χ1) is 12.2. The van der Waals surface area contributed by atoms with E-state index < -0.39 is 0 Å². The number of likely N-dealkylation sites (N-methyl/N-ethyl adjacent to an activating group) is 1. The summed E-state index contributed by atoms with van der Waals surface area (Å²) in [4.78, 5) is 32.1. The van der Waals surface area contributed by atoms with Crippen molar-refractivity contribution in [3.63, 3.8) is 0 Å². The standard InChI is InChI=1S/C20H29N3O2/c1-3-17(20(25)22-14-12-21(4-2)13-15-22)23-18-10-6-5-8-16(18)9-7-11-19(23)24/h5-6,8,10,17H,3-4,7,9,11-15H2,1-2H3. The van der Waals surface area contributed by atoms with Crippen LogP contribution in [0.25, 0.3) is 0 Å². The number of amides is 2. The third-order valence-electron chi connectivity index (χ3n) is 5.47. The molecule has 0 bridgehead atoms. The molecule has 0 saturated carbocycles. The molecule has 2 aliphatic heterocycles. The van der Waals surface area contributed by atoms with Crippen molar-refractivity contribution in [1.82, 2.24) is 9.80 Å². The SMILES string of the molecule is CCC(C(=O)N1CCN(CC)CC1)N1C(=O)CCCc2ccccc21. The van der Waals surface area contributed by atoms with Gasteiger partial charge in [-0.15, -0.1) is 0 Å². The van der Waals surface area contributed by atoms with Gasteiger partial charge in [0.2, 0.25) is 11.8 Å². The lowest BCUT2D eigenvalue weighted by atomic mass is 10.1. The second-order valence-electron chi connectivity index (χ2n) is 6.93. The Labute approximate surface area is 150 Å². The molecule has 1 unspecified atom stereocenters. The van der Waals surface area contributed by atoms with E-state index in [0.717, 1.165) is 51.3 Å². The molecule has 1 saturated heterocycles. The molecular weight excluding hydrogens is 314 g/mol. The molecule has 2 amide bonds. The van der Waals surface area contributed by atoms with E-state index in [1.165, 1.54) is 5.56 Å². The number of hydrogen-bond donors (Lipinski definition) is 0. The topological polar surface area (TPSA) is 43.9 Å². The Hall–Kier alpha value is -1.88. The Morgan fingerprint density at radius 2 is 1.80 bits per heavy atom. The van der Waals surface area contributed by atoms with Crippen LogP contribution >= 0.6 is 0 Å².